The normalized spacial score (nSPS) is 13.5. The van der Waals surface area contributed by atoms with Crippen LogP contribution in [0.5, 0.6) is 0 Å². The third kappa shape index (κ3) is 1.80. The molecule has 0 aromatic carbocycles. The Bertz CT molecular complexity index is 627. The first kappa shape index (κ1) is 12.1. The van der Waals surface area contributed by atoms with E-state index in [2.05, 4.69) is 35.3 Å². The zero-order valence-electron chi connectivity index (χ0n) is 11.6. The Morgan fingerprint density at radius 3 is 2.79 bits per heavy atom. The van der Waals surface area contributed by atoms with Crippen LogP contribution in [0.4, 0.5) is 5.95 Å². The molecule has 0 unspecified atom stereocenters. The summed E-state index contributed by atoms with van der Waals surface area (Å²) < 4.78 is 2.29. The third-order valence-corrected chi connectivity index (χ3v) is 3.63. The maximum absolute atomic E-state index is 5.75. The summed E-state index contributed by atoms with van der Waals surface area (Å²) in [6.45, 7) is 6.50. The van der Waals surface area contributed by atoms with Crippen LogP contribution in [0.3, 0.4) is 0 Å². The number of aromatic nitrogens is 4. The van der Waals surface area contributed by atoms with Gasteiger partial charge in [-0.05, 0) is 32.3 Å². The first-order valence-corrected chi connectivity index (χ1v) is 6.83. The number of anilines is 1. The van der Waals surface area contributed by atoms with Crippen molar-refractivity contribution in [3.8, 4) is 11.4 Å². The standard InChI is InChI=1S/C14H19N5/c1-4-11-17-10-6-5-9-7-16-14(15)18-12(9)13(10)19(11)8(2)3/h7-8H,4-6H2,1-3H3,(H2,15,16,18). The minimum atomic E-state index is 0.334. The zero-order valence-corrected chi connectivity index (χ0v) is 11.6. The average molecular weight is 257 g/mol. The van der Waals surface area contributed by atoms with Crippen molar-refractivity contribution in [2.75, 3.05) is 5.73 Å². The molecule has 0 radical (unpaired) electrons. The number of nitrogens with zero attached hydrogens (tertiary/aromatic N) is 4. The molecule has 0 aliphatic heterocycles. The highest BCUT2D eigenvalue weighted by atomic mass is 15.1. The van der Waals surface area contributed by atoms with Gasteiger partial charge in [0.1, 0.15) is 5.82 Å². The number of hydrogen-bond acceptors (Lipinski definition) is 4. The second kappa shape index (κ2) is 4.33. The summed E-state index contributed by atoms with van der Waals surface area (Å²) in [5.41, 5.74) is 10.2. The van der Waals surface area contributed by atoms with E-state index < -0.39 is 0 Å². The van der Waals surface area contributed by atoms with Gasteiger partial charge in [-0.25, -0.2) is 15.0 Å². The maximum atomic E-state index is 5.75. The number of nitrogen functional groups attached to an aromatic ring is 1. The van der Waals surface area contributed by atoms with Crippen LogP contribution >= 0.6 is 0 Å². The van der Waals surface area contributed by atoms with Crippen LogP contribution in [0.15, 0.2) is 6.20 Å². The largest absolute Gasteiger partial charge is 0.368 e. The van der Waals surface area contributed by atoms with Crippen LogP contribution in [0, 0.1) is 0 Å². The topological polar surface area (TPSA) is 69.6 Å². The molecule has 2 aromatic heterocycles. The lowest BCUT2D eigenvalue weighted by atomic mass is 9.97. The second-order valence-electron chi connectivity index (χ2n) is 5.24. The minimum Gasteiger partial charge on any atom is -0.368 e. The molecule has 0 saturated heterocycles. The molecule has 0 bridgehead atoms. The van der Waals surface area contributed by atoms with Crippen LogP contribution < -0.4 is 5.73 Å². The molecule has 100 valence electrons. The van der Waals surface area contributed by atoms with E-state index in [4.69, 9.17) is 10.7 Å². The molecule has 0 fully saturated rings. The number of hydrogen-bond donors (Lipinski definition) is 1. The molecule has 3 rings (SSSR count). The molecule has 1 aliphatic carbocycles. The highest BCUT2D eigenvalue weighted by molar-refractivity contribution is 5.66. The Hall–Kier alpha value is -1.91. The molecular weight excluding hydrogens is 238 g/mol. The minimum absolute atomic E-state index is 0.334. The molecule has 2 heterocycles. The van der Waals surface area contributed by atoms with Crippen LogP contribution in [0.25, 0.3) is 11.4 Å². The quantitative estimate of drug-likeness (QED) is 0.895. The van der Waals surface area contributed by atoms with E-state index >= 15 is 0 Å². The summed E-state index contributed by atoms with van der Waals surface area (Å²) in [6.07, 6.45) is 4.69. The first-order chi connectivity index (χ1) is 9.11. The molecule has 0 saturated carbocycles. The number of aryl methyl sites for hydroxylation is 3. The highest BCUT2D eigenvalue weighted by Crippen LogP contribution is 2.34. The van der Waals surface area contributed by atoms with Gasteiger partial charge in [0.05, 0.1) is 17.1 Å². The van der Waals surface area contributed by atoms with Crippen molar-refractivity contribution in [3.05, 3.63) is 23.3 Å². The summed E-state index contributed by atoms with van der Waals surface area (Å²) in [5, 5.41) is 0. The number of rotatable bonds is 2. The monoisotopic (exact) mass is 257 g/mol. The van der Waals surface area contributed by atoms with E-state index in [1.165, 1.54) is 5.56 Å². The predicted molar refractivity (Wildman–Crippen MR) is 74.8 cm³/mol. The summed E-state index contributed by atoms with van der Waals surface area (Å²) in [7, 11) is 0. The Kier molecular flexibility index (Phi) is 2.77. The highest BCUT2D eigenvalue weighted by Gasteiger charge is 2.26. The van der Waals surface area contributed by atoms with Gasteiger partial charge in [0.15, 0.2) is 0 Å². The molecule has 5 heteroatoms. The molecule has 2 N–H and O–H groups in total. The predicted octanol–water partition coefficient (Wildman–Crippen LogP) is 2.16. The van der Waals surface area contributed by atoms with E-state index in [-0.39, 0.29) is 0 Å². The van der Waals surface area contributed by atoms with Crippen molar-refractivity contribution in [1.29, 1.82) is 0 Å². The van der Waals surface area contributed by atoms with Gasteiger partial charge in [0.25, 0.3) is 0 Å². The molecular formula is C14H19N5. The summed E-state index contributed by atoms with van der Waals surface area (Å²) in [5.74, 6) is 1.46. The SMILES string of the molecule is CCc1nc2c(n1C(C)C)-c1nc(N)ncc1CC2. The maximum Gasteiger partial charge on any atom is 0.220 e. The average Bonchev–Trinajstić information content (AvgIpc) is 2.77. The van der Waals surface area contributed by atoms with Gasteiger partial charge >= 0.3 is 0 Å². The first-order valence-electron chi connectivity index (χ1n) is 6.83. The molecule has 0 amide bonds. The smallest absolute Gasteiger partial charge is 0.220 e. The fourth-order valence-electron chi connectivity index (χ4n) is 2.82. The lowest BCUT2D eigenvalue weighted by Gasteiger charge is -2.20. The Labute approximate surface area is 112 Å². The van der Waals surface area contributed by atoms with Crippen molar-refractivity contribution in [2.24, 2.45) is 0 Å². The zero-order chi connectivity index (χ0) is 13.6. The molecule has 5 nitrogen and oxygen atoms in total. The van der Waals surface area contributed by atoms with Gasteiger partial charge in [-0.15, -0.1) is 0 Å². The number of fused-ring (bicyclic) bond motifs is 3. The molecule has 19 heavy (non-hydrogen) atoms. The van der Waals surface area contributed by atoms with Crippen molar-refractivity contribution < 1.29 is 0 Å². The van der Waals surface area contributed by atoms with Crippen LogP contribution in [0.2, 0.25) is 0 Å². The Balaban J connectivity index is 2.29. The fraction of sp³-hybridized carbons (Fsp3) is 0.500. The Morgan fingerprint density at radius 1 is 1.32 bits per heavy atom. The van der Waals surface area contributed by atoms with E-state index in [0.717, 1.165) is 42.2 Å². The molecule has 0 atom stereocenters. The van der Waals surface area contributed by atoms with Crippen LogP contribution in [-0.4, -0.2) is 19.5 Å². The van der Waals surface area contributed by atoms with Gasteiger partial charge < -0.3 is 10.3 Å². The van der Waals surface area contributed by atoms with E-state index in [1.807, 2.05) is 6.20 Å². The summed E-state index contributed by atoms with van der Waals surface area (Å²) in [6, 6.07) is 0.369. The van der Waals surface area contributed by atoms with Crippen LogP contribution in [0.1, 0.15) is 43.9 Å². The van der Waals surface area contributed by atoms with E-state index in [9.17, 15) is 0 Å². The summed E-state index contributed by atoms with van der Waals surface area (Å²) in [4.78, 5) is 13.3. The molecule has 1 aliphatic rings. The van der Waals surface area contributed by atoms with Crippen LogP contribution in [-0.2, 0) is 19.3 Å². The fourth-order valence-corrected chi connectivity index (χ4v) is 2.82. The van der Waals surface area contributed by atoms with Gasteiger partial charge in [-0.1, -0.05) is 6.92 Å². The van der Waals surface area contributed by atoms with Gasteiger partial charge in [-0.3, -0.25) is 0 Å². The van der Waals surface area contributed by atoms with E-state index in [0.29, 0.717) is 12.0 Å². The number of nitrogens with two attached hydrogens (primary N) is 1. The van der Waals surface area contributed by atoms with Crippen molar-refractivity contribution >= 4 is 5.95 Å². The molecule has 0 spiro atoms. The van der Waals surface area contributed by atoms with Gasteiger partial charge in [-0.2, -0.15) is 0 Å². The lowest BCUT2D eigenvalue weighted by Crippen LogP contribution is -2.13. The van der Waals surface area contributed by atoms with Gasteiger partial charge in [0, 0.05) is 18.7 Å². The van der Waals surface area contributed by atoms with Crippen molar-refractivity contribution in [3.63, 3.8) is 0 Å². The lowest BCUT2D eigenvalue weighted by molar-refractivity contribution is 0.575. The summed E-state index contributed by atoms with van der Waals surface area (Å²) >= 11 is 0. The molecule has 2 aromatic rings. The van der Waals surface area contributed by atoms with Crippen molar-refractivity contribution in [1.82, 2.24) is 19.5 Å². The Morgan fingerprint density at radius 2 is 2.11 bits per heavy atom. The van der Waals surface area contributed by atoms with Gasteiger partial charge in [0.2, 0.25) is 5.95 Å². The third-order valence-electron chi connectivity index (χ3n) is 3.63. The second-order valence-corrected chi connectivity index (χ2v) is 5.24. The number of imidazole rings is 1. The van der Waals surface area contributed by atoms with E-state index in [1.54, 1.807) is 0 Å². The van der Waals surface area contributed by atoms with Crippen molar-refractivity contribution in [2.45, 2.75) is 46.1 Å².